The van der Waals surface area contributed by atoms with Crippen LogP contribution in [0.5, 0.6) is 0 Å². The van der Waals surface area contributed by atoms with Crippen LogP contribution in [0.1, 0.15) is 13.8 Å². The summed E-state index contributed by atoms with van der Waals surface area (Å²) < 4.78 is 5.71. The second-order valence-corrected chi connectivity index (χ2v) is 5.77. The Morgan fingerprint density at radius 3 is 2.90 bits per heavy atom. The molecule has 4 nitrogen and oxygen atoms in total. The van der Waals surface area contributed by atoms with Crippen molar-refractivity contribution in [3.8, 4) is 10.8 Å². The Balaban J connectivity index is 1.93. The van der Waals surface area contributed by atoms with Crippen molar-refractivity contribution in [2.45, 2.75) is 13.8 Å². The van der Waals surface area contributed by atoms with Gasteiger partial charge in [-0.2, -0.15) is 0 Å². The number of hydrogen-bond acceptors (Lipinski definition) is 4. The SMILES string of the molecule is CC(C)C(=O)Nc1ccc2oc(-c3cccs3)nc2c1. The third-order valence-corrected chi connectivity index (χ3v) is 3.77. The van der Waals surface area contributed by atoms with Gasteiger partial charge in [0.25, 0.3) is 0 Å². The predicted molar refractivity (Wildman–Crippen MR) is 80.8 cm³/mol. The van der Waals surface area contributed by atoms with Gasteiger partial charge in [0.15, 0.2) is 5.58 Å². The predicted octanol–water partition coefficient (Wildman–Crippen LogP) is 4.15. The molecule has 5 heteroatoms. The maximum Gasteiger partial charge on any atom is 0.237 e. The molecule has 20 heavy (non-hydrogen) atoms. The van der Waals surface area contributed by atoms with Crippen LogP contribution in [-0.2, 0) is 4.79 Å². The minimum absolute atomic E-state index is 0.00803. The molecule has 0 unspecified atom stereocenters. The summed E-state index contributed by atoms with van der Waals surface area (Å²) in [7, 11) is 0. The number of fused-ring (bicyclic) bond motifs is 1. The Morgan fingerprint density at radius 1 is 1.35 bits per heavy atom. The van der Waals surface area contributed by atoms with E-state index in [4.69, 9.17) is 4.42 Å². The number of carbonyl (C=O) groups is 1. The van der Waals surface area contributed by atoms with Gasteiger partial charge >= 0.3 is 0 Å². The summed E-state index contributed by atoms with van der Waals surface area (Å²) >= 11 is 1.58. The lowest BCUT2D eigenvalue weighted by atomic mass is 10.2. The zero-order valence-corrected chi connectivity index (χ0v) is 12.0. The van der Waals surface area contributed by atoms with Gasteiger partial charge in [0.2, 0.25) is 11.8 Å². The van der Waals surface area contributed by atoms with E-state index in [1.807, 2.05) is 49.6 Å². The topological polar surface area (TPSA) is 55.1 Å². The molecule has 0 aliphatic heterocycles. The van der Waals surface area contributed by atoms with E-state index in [1.54, 1.807) is 11.3 Å². The number of hydrogen-bond donors (Lipinski definition) is 1. The number of carbonyl (C=O) groups excluding carboxylic acids is 1. The van der Waals surface area contributed by atoms with Crippen LogP contribution in [0.2, 0.25) is 0 Å². The van der Waals surface area contributed by atoms with Crippen molar-refractivity contribution in [2.75, 3.05) is 5.32 Å². The highest BCUT2D eigenvalue weighted by molar-refractivity contribution is 7.13. The summed E-state index contributed by atoms with van der Waals surface area (Å²) in [6.07, 6.45) is 0. The maximum absolute atomic E-state index is 11.7. The van der Waals surface area contributed by atoms with Crippen molar-refractivity contribution < 1.29 is 9.21 Å². The molecular weight excluding hydrogens is 272 g/mol. The number of nitrogens with zero attached hydrogens (tertiary/aromatic N) is 1. The third-order valence-electron chi connectivity index (χ3n) is 2.91. The fraction of sp³-hybridized carbons (Fsp3) is 0.200. The van der Waals surface area contributed by atoms with Crippen LogP contribution in [0.3, 0.4) is 0 Å². The summed E-state index contributed by atoms with van der Waals surface area (Å²) in [6, 6.07) is 9.41. The van der Waals surface area contributed by atoms with Crippen molar-refractivity contribution in [3.05, 3.63) is 35.7 Å². The second-order valence-electron chi connectivity index (χ2n) is 4.82. The molecule has 0 atom stereocenters. The molecule has 3 aromatic rings. The summed E-state index contributed by atoms with van der Waals surface area (Å²) in [5.41, 5.74) is 2.20. The van der Waals surface area contributed by atoms with E-state index in [9.17, 15) is 4.79 Å². The van der Waals surface area contributed by atoms with Gasteiger partial charge < -0.3 is 9.73 Å². The lowest BCUT2D eigenvalue weighted by Crippen LogP contribution is -2.17. The molecule has 2 aromatic heterocycles. The fourth-order valence-corrected chi connectivity index (χ4v) is 2.45. The molecule has 102 valence electrons. The summed E-state index contributed by atoms with van der Waals surface area (Å²) in [6.45, 7) is 3.72. The van der Waals surface area contributed by atoms with E-state index in [-0.39, 0.29) is 11.8 Å². The van der Waals surface area contributed by atoms with Crippen molar-refractivity contribution in [1.29, 1.82) is 0 Å². The first kappa shape index (κ1) is 12.9. The average molecular weight is 286 g/mol. The highest BCUT2D eigenvalue weighted by Gasteiger charge is 2.11. The summed E-state index contributed by atoms with van der Waals surface area (Å²) in [5.74, 6) is 0.554. The molecule has 0 fully saturated rings. The number of oxazole rings is 1. The number of amides is 1. The highest BCUT2D eigenvalue weighted by Crippen LogP contribution is 2.28. The minimum atomic E-state index is -0.0512. The Labute approximate surface area is 120 Å². The molecule has 1 N–H and O–H groups in total. The zero-order chi connectivity index (χ0) is 14.1. The van der Waals surface area contributed by atoms with Gasteiger partial charge in [0.05, 0.1) is 4.88 Å². The number of benzene rings is 1. The van der Waals surface area contributed by atoms with Gasteiger partial charge in [-0.15, -0.1) is 11.3 Å². The lowest BCUT2D eigenvalue weighted by Gasteiger charge is -2.06. The van der Waals surface area contributed by atoms with Gasteiger partial charge in [-0.3, -0.25) is 4.79 Å². The molecule has 0 spiro atoms. The third kappa shape index (κ3) is 2.44. The van der Waals surface area contributed by atoms with Gasteiger partial charge in [0, 0.05) is 11.6 Å². The largest absolute Gasteiger partial charge is 0.435 e. The standard InChI is InChI=1S/C15H14N2O2S/c1-9(2)14(18)16-10-5-6-12-11(8-10)17-15(19-12)13-4-3-7-20-13/h3-9H,1-2H3,(H,16,18). The lowest BCUT2D eigenvalue weighted by molar-refractivity contribution is -0.118. The van der Waals surface area contributed by atoms with E-state index in [0.29, 0.717) is 5.89 Å². The van der Waals surface area contributed by atoms with Crippen molar-refractivity contribution in [2.24, 2.45) is 5.92 Å². The van der Waals surface area contributed by atoms with Crippen LogP contribution < -0.4 is 5.32 Å². The van der Waals surface area contributed by atoms with E-state index >= 15 is 0 Å². The molecule has 2 heterocycles. The second kappa shape index (κ2) is 5.09. The van der Waals surface area contributed by atoms with Gasteiger partial charge in [0.1, 0.15) is 5.52 Å². The normalized spacial score (nSPS) is 11.2. The van der Waals surface area contributed by atoms with E-state index in [1.165, 1.54) is 0 Å². The maximum atomic E-state index is 11.7. The molecule has 0 saturated heterocycles. The molecule has 0 aliphatic carbocycles. The van der Waals surface area contributed by atoms with E-state index in [0.717, 1.165) is 21.7 Å². The van der Waals surface area contributed by atoms with Gasteiger partial charge in [-0.05, 0) is 29.6 Å². The first-order chi connectivity index (χ1) is 9.63. The molecular formula is C15H14N2O2S. The zero-order valence-electron chi connectivity index (χ0n) is 11.2. The van der Waals surface area contributed by atoms with E-state index < -0.39 is 0 Å². The Morgan fingerprint density at radius 2 is 2.20 bits per heavy atom. The molecule has 0 aliphatic rings. The van der Waals surface area contributed by atoms with Crippen LogP contribution in [0.25, 0.3) is 21.9 Å². The first-order valence-corrected chi connectivity index (χ1v) is 7.27. The Kier molecular flexibility index (Phi) is 3.28. The summed E-state index contributed by atoms with van der Waals surface area (Å²) in [5, 5.41) is 4.84. The molecule has 3 rings (SSSR count). The van der Waals surface area contributed by atoms with Crippen LogP contribution in [0, 0.1) is 5.92 Å². The van der Waals surface area contributed by atoms with Crippen molar-refractivity contribution >= 4 is 34.0 Å². The summed E-state index contributed by atoms with van der Waals surface area (Å²) in [4.78, 5) is 17.1. The number of rotatable bonds is 3. The highest BCUT2D eigenvalue weighted by atomic mass is 32.1. The number of anilines is 1. The molecule has 1 aromatic carbocycles. The number of nitrogens with one attached hydrogen (secondary N) is 1. The van der Waals surface area contributed by atoms with Crippen LogP contribution in [0.4, 0.5) is 5.69 Å². The average Bonchev–Trinajstić information content (AvgIpc) is 3.06. The molecule has 0 bridgehead atoms. The molecule has 1 amide bonds. The quantitative estimate of drug-likeness (QED) is 0.787. The monoisotopic (exact) mass is 286 g/mol. The van der Waals surface area contributed by atoms with Crippen LogP contribution >= 0.6 is 11.3 Å². The molecule has 0 saturated carbocycles. The van der Waals surface area contributed by atoms with Crippen molar-refractivity contribution in [1.82, 2.24) is 4.98 Å². The Hall–Kier alpha value is -2.14. The van der Waals surface area contributed by atoms with E-state index in [2.05, 4.69) is 10.3 Å². The van der Waals surface area contributed by atoms with Crippen molar-refractivity contribution in [3.63, 3.8) is 0 Å². The minimum Gasteiger partial charge on any atom is -0.435 e. The van der Waals surface area contributed by atoms with Gasteiger partial charge in [-0.1, -0.05) is 19.9 Å². The van der Waals surface area contributed by atoms with Crippen LogP contribution in [-0.4, -0.2) is 10.9 Å². The first-order valence-electron chi connectivity index (χ1n) is 6.39. The van der Waals surface area contributed by atoms with Crippen LogP contribution in [0.15, 0.2) is 40.1 Å². The molecule has 0 radical (unpaired) electrons. The fourth-order valence-electron chi connectivity index (χ4n) is 1.80. The number of thiophene rings is 1. The number of aromatic nitrogens is 1. The Bertz CT molecular complexity index is 744. The smallest absolute Gasteiger partial charge is 0.237 e. The van der Waals surface area contributed by atoms with Gasteiger partial charge in [-0.25, -0.2) is 4.98 Å².